The summed E-state index contributed by atoms with van der Waals surface area (Å²) in [6, 6.07) is 0.448. The molecule has 8 heteroatoms. The number of hydrogen-bond acceptors (Lipinski definition) is 5. The van der Waals surface area contributed by atoms with Crippen LogP contribution < -0.4 is 10.6 Å². The number of ether oxygens (including phenoxy) is 1. The zero-order chi connectivity index (χ0) is 18.0. The maximum absolute atomic E-state index is 11.1. The van der Waals surface area contributed by atoms with E-state index in [1.54, 1.807) is 7.05 Å². The number of aliphatic imine (C=N–C) groups is 1. The SMILES string of the molecule is CN=C(NCCCS(C)(=O)=O)NCC(CC(C)C)N1CCOCC1. The molecule has 1 aliphatic heterocycles. The molecular formula is C16H34N4O3S. The molecule has 1 rings (SSSR count). The lowest BCUT2D eigenvalue weighted by atomic mass is 10.0. The minimum atomic E-state index is -2.90. The van der Waals surface area contributed by atoms with Crippen LogP contribution in [0.5, 0.6) is 0 Å². The number of nitrogens with one attached hydrogen (secondary N) is 2. The smallest absolute Gasteiger partial charge is 0.191 e. The van der Waals surface area contributed by atoms with Gasteiger partial charge < -0.3 is 15.4 Å². The quantitative estimate of drug-likeness (QED) is 0.349. The number of nitrogens with zero attached hydrogens (tertiary/aromatic N) is 2. The van der Waals surface area contributed by atoms with Gasteiger partial charge in [-0.15, -0.1) is 0 Å². The van der Waals surface area contributed by atoms with E-state index >= 15 is 0 Å². The molecule has 0 aromatic heterocycles. The zero-order valence-corrected chi connectivity index (χ0v) is 16.4. The van der Waals surface area contributed by atoms with Crippen molar-refractivity contribution >= 4 is 15.8 Å². The Morgan fingerprint density at radius 2 is 1.92 bits per heavy atom. The Morgan fingerprint density at radius 3 is 2.46 bits per heavy atom. The van der Waals surface area contributed by atoms with E-state index < -0.39 is 9.84 Å². The highest BCUT2D eigenvalue weighted by molar-refractivity contribution is 7.90. The van der Waals surface area contributed by atoms with E-state index in [0.29, 0.717) is 24.9 Å². The highest BCUT2D eigenvalue weighted by Crippen LogP contribution is 2.12. The largest absolute Gasteiger partial charge is 0.379 e. The third-order valence-corrected chi connectivity index (χ3v) is 5.05. The third-order valence-electron chi connectivity index (χ3n) is 4.02. The van der Waals surface area contributed by atoms with Crippen LogP contribution in [0.25, 0.3) is 0 Å². The summed E-state index contributed by atoms with van der Waals surface area (Å²) in [5, 5.41) is 6.56. The van der Waals surface area contributed by atoms with Gasteiger partial charge in [-0.05, 0) is 18.8 Å². The molecule has 0 aliphatic carbocycles. The van der Waals surface area contributed by atoms with Crippen LogP contribution in [-0.4, -0.2) is 83.8 Å². The highest BCUT2D eigenvalue weighted by atomic mass is 32.2. The fraction of sp³-hybridized carbons (Fsp3) is 0.938. The van der Waals surface area contributed by atoms with Crippen LogP contribution in [-0.2, 0) is 14.6 Å². The van der Waals surface area contributed by atoms with Gasteiger partial charge in [-0.3, -0.25) is 9.89 Å². The summed E-state index contributed by atoms with van der Waals surface area (Å²) in [5.41, 5.74) is 0. The Kier molecular flexibility index (Phi) is 9.61. The fourth-order valence-corrected chi connectivity index (χ4v) is 3.49. The molecule has 1 saturated heterocycles. The molecule has 0 amide bonds. The van der Waals surface area contributed by atoms with Crippen LogP contribution in [0, 0.1) is 5.92 Å². The molecule has 1 aliphatic rings. The van der Waals surface area contributed by atoms with Crippen molar-refractivity contribution < 1.29 is 13.2 Å². The fourth-order valence-electron chi connectivity index (χ4n) is 2.82. The van der Waals surface area contributed by atoms with Gasteiger partial charge in [-0.2, -0.15) is 0 Å². The van der Waals surface area contributed by atoms with Crippen molar-refractivity contribution in [2.24, 2.45) is 10.9 Å². The van der Waals surface area contributed by atoms with E-state index in [1.165, 1.54) is 6.26 Å². The predicted molar refractivity (Wildman–Crippen MR) is 99.3 cm³/mol. The zero-order valence-electron chi connectivity index (χ0n) is 15.5. The summed E-state index contributed by atoms with van der Waals surface area (Å²) in [6.45, 7) is 9.44. The Morgan fingerprint density at radius 1 is 1.25 bits per heavy atom. The molecule has 1 atom stereocenters. The average Bonchev–Trinajstić information content (AvgIpc) is 2.52. The van der Waals surface area contributed by atoms with E-state index in [9.17, 15) is 8.42 Å². The molecule has 0 saturated carbocycles. The first kappa shape index (κ1) is 21.2. The third kappa shape index (κ3) is 9.44. The average molecular weight is 363 g/mol. The topological polar surface area (TPSA) is 83.0 Å². The molecule has 142 valence electrons. The van der Waals surface area contributed by atoms with Gasteiger partial charge in [0.15, 0.2) is 5.96 Å². The van der Waals surface area contributed by atoms with Crippen molar-refractivity contribution in [1.82, 2.24) is 15.5 Å². The normalized spacial score (nSPS) is 18.6. The first-order chi connectivity index (χ1) is 11.3. The molecule has 0 radical (unpaired) electrons. The van der Waals surface area contributed by atoms with Gasteiger partial charge >= 0.3 is 0 Å². The van der Waals surface area contributed by atoms with Crippen molar-refractivity contribution in [3.8, 4) is 0 Å². The summed E-state index contributed by atoms with van der Waals surface area (Å²) in [4.78, 5) is 6.70. The second kappa shape index (κ2) is 10.9. The lowest BCUT2D eigenvalue weighted by Gasteiger charge is -2.35. The summed E-state index contributed by atoms with van der Waals surface area (Å²) >= 11 is 0. The second-order valence-electron chi connectivity index (χ2n) is 6.80. The Labute approximate surface area is 147 Å². The molecule has 0 spiro atoms. The lowest BCUT2D eigenvalue weighted by Crippen LogP contribution is -2.51. The Balaban J connectivity index is 2.41. The molecule has 24 heavy (non-hydrogen) atoms. The molecule has 0 bridgehead atoms. The Bertz CT molecular complexity index is 474. The van der Waals surface area contributed by atoms with E-state index in [2.05, 4.69) is 34.4 Å². The standard InChI is InChI=1S/C16H34N4O3S/c1-14(2)12-15(20-7-9-23-10-8-20)13-19-16(17-3)18-6-5-11-24(4,21)22/h14-15H,5-13H2,1-4H3,(H2,17,18,19). The molecule has 1 heterocycles. The number of sulfone groups is 1. The highest BCUT2D eigenvalue weighted by Gasteiger charge is 2.22. The number of rotatable bonds is 9. The summed E-state index contributed by atoms with van der Waals surface area (Å²) in [5.74, 6) is 1.55. The van der Waals surface area contributed by atoms with Crippen LogP contribution in [0.2, 0.25) is 0 Å². The van der Waals surface area contributed by atoms with Gasteiger partial charge in [-0.1, -0.05) is 13.8 Å². The van der Waals surface area contributed by atoms with Crippen molar-refractivity contribution in [2.45, 2.75) is 32.7 Å². The van der Waals surface area contributed by atoms with Crippen molar-refractivity contribution in [1.29, 1.82) is 0 Å². The predicted octanol–water partition coefficient (Wildman–Crippen LogP) is 0.333. The van der Waals surface area contributed by atoms with Gasteiger partial charge in [0.05, 0.1) is 19.0 Å². The minimum Gasteiger partial charge on any atom is -0.379 e. The van der Waals surface area contributed by atoms with E-state index in [0.717, 1.165) is 45.2 Å². The summed E-state index contributed by atoms with van der Waals surface area (Å²) in [7, 11) is -1.17. The monoisotopic (exact) mass is 362 g/mol. The Hall–Kier alpha value is -0.860. The molecule has 1 fully saturated rings. The maximum Gasteiger partial charge on any atom is 0.191 e. The van der Waals surface area contributed by atoms with Gasteiger partial charge in [-0.25, -0.2) is 8.42 Å². The van der Waals surface area contributed by atoms with Crippen molar-refractivity contribution in [3.05, 3.63) is 0 Å². The van der Waals surface area contributed by atoms with Gasteiger partial charge in [0.1, 0.15) is 9.84 Å². The van der Waals surface area contributed by atoms with Crippen molar-refractivity contribution in [2.75, 3.05) is 58.4 Å². The summed E-state index contributed by atoms with van der Waals surface area (Å²) in [6.07, 6.45) is 2.97. The summed E-state index contributed by atoms with van der Waals surface area (Å²) < 4.78 is 27.7. The molecule has 0 aromatic rings. The number of morpholine rings is 1. The second-order valence-corrected chi connectivity index (χ2v) is 9.05. The van der Waals surface area contributed by atoms with Gasteiger partial charge in [0.2, 0.25) is 0 Å². The van der Waals surface area contributed by atoms with Crippen LogP contribution in [0.4, 0.5) is 0 Å². The number of hydrogen-bond donors (Lipinski definition) is 2. The molecule has 0 aromatic carbocycles. The number of guanidine groups is 1. The van der Waals surface area contributed by atoms with Gasteiger partial charge in [0, 0.05) is 45.5 Å². The van der Waals surface area contributed by atoms with Crippen LogP contribution in [0.3, 0.4) is 0 Å². The van der Waals surface area contributed by atoms with E-state index in [1.807, 2.05) is 0 Å². The lowest BCUT2D eigenvalue weighted by molar-refractivity contribution is 0.0132. The molecular weight excluding hydrogens is 328 g/mol. The maximum atomic E-state index is 11.1. The van der Waals surface area contributed by atoms with Crippen LogP contribution >= 0.6 is 0 Å². The van der Waals surface area contributed by atoms with Crippen molar-refractivity contribution in [3.63, 3.8) is 0 Å². The van der Waals surface area contributed by atoms with Crippen LogP contribution in [0.15, 0.2) is 4.99 Å². The molecule has 1 unspecified atom stereocenters. The van der Waals surface area contributed by atoms with E-state index in [-0.39, 0.29) is 5.75 Å². The molecule has 7 nitrogen and oxygen atoms in total. The van der Waals surface area contributed by atoms with Gasteiger partial charge in [0.25, 0.3) is 0 Å². The van der Waals surface area contributed by atoms with Crippen LogP contribution in [0.1, 0.15) is 26.7 Å². The first-order valence-electron chi connectivity index (χ1n) is 8.76. The minimum absolute atomic E-state index is 0.195. The molecule has 2 N–H and O–H groups in total. The van der Waals surface area contributed by atoms with E-state index in [4.69, 9.17) is 4.74 Å². The first-order valence-corrected chi connectivity index (χ1v) is 10.8.